The van der Waals surface area contributed by atoms with Gasteiger partial charge in [-0.25, -0.2) is 4.79 Å². The van der Waals surface area contributed by atoms with Gasteiger partial charge in [-0.15, -0.1) is 0 Å². The number of hydrogen-bond acceptors (Lipinski definition) is 8. The summed E-state index contributed by atoms with van der Waals surface area (Å²) in [7, 11) is -3.62. The maximum absolute atomic E-state index is 13.4. The third-order valence-corrected chi connectivity index (χ3v) is 22.3. The second-order valence-corrected chi connectivity index (χ2v) is 28.8. The molecule has 5 aromatic rings. The van der Waals surface area contributed by atoms with Crippen LogP contribution in [0.4, 0.5) is 22.7 Å². The van der Waals surface area contributed by atoms with Gasteiger partial charge >= 0.3 is 5.63 Å². The Morgan fingerprint density at radius 1 is 0.456 bits per heavy atom. The van der Waals surface area contributed by atoms with Crippen LogP contribution in [0.15, 0.2) is 112 Å². The van der Waals surface area contributed by atoms with E-state index in [2.05, 4.69) is 51.3 Å². The molecule has 1 radical (unpaired) electrons. The SMILES string of the molecule is CCCCCCCCP(=O)(CC)CCCCCCCC.CCCCCCCCP(=O)(CC)CCCCCCCC.CCN(CC)c1ccc2c(O)c(C(=O)c3ccc(N(c4ccccc4)c4ccccc4)cc3)c(=O)oc2c1.[Eu]. The maximum Gasteiger partial charge on any atom is 0.351 e. The van der Waals surface area contributed by atoms with Gasteiger partial charge in [0, 0.05) is 121 Å². The molecule has 1 N–H and O–H groups in total. The number of anilines is 4. The summed E-state index contributed by atoms with van der Waals surface area (Å²) in [6.07, 6.45) is 37.4. The largest absolute Gasteiger partial charge is 0.506 e. The normalized spacial score (nSPS) is 11.3. The minimum atomic E-state index is -1.81. The van der Waals surface area contributed by atoms with E-state index >= 15 is 0 Å². The first-order valence-corrected chi connectivity index (χ1v) is 35.6. The number of carbonyl (C=O) groups excluding carboxylic acids is 1. The third kappa shape index (κ3) is 27.0. The maximum atomic E-state index is 13.4. The van der Waals surface area contributed by atoms with Crippen molar-refractivity contribution < 1.29 is 72.8 Å². The van der Waals surface area contributed by atoms with E-state index in [1.54, 1.807) is 24.3 Å². The summed E-state index contributed by atoms with van der Waals surface area (Å²) in [6.45, 7) is 18.9. The Morgan fingerprint density at radius 3 is 1.15 bits per heavy atom. The predicted molar refractivity (Wildman–Crippen MR) is 342 cm³/mol. The number of nitrogens with zero attached hydrogens (tertiary/aromatic N) is 2. The van der Waals surface area contributed by atoms with E-state index < -0.39 is 25.7 Å². The molecule has 0 aliphatic carbocycles. The van der Waals surface area contributed by atoms with E-state index in [9.17, 15) is 23.8 Å². The van der Waals surface area contributed by atoms with E-state index in [0.29, 0.717) is 5.39 Å². The molecule has 0 unspecified atom stereocenters. The minimum absolute atomic E-state index is 0. The molecule has 0 aliphatic heterocycles. The van der Waals surface area contributed by atoms with Crippen LogP contribution in [-0.4, -0.2) is 61.0 Å². The van der Waals surface area contributed by atoms with Crippen molar-refractivity contribution in [2.24, 2.45) is 0 Å². The van der Waals surface area contributed by atoms with Gasteiger partial charge < -0.3 is 28.5 Å². The smallest absolute Gasteiger partial charge is 0.351 e. The van der Waals surface area contributed by atoms with Gasteiger partial charge in [-0.2, -0.15) is 0 Å². The van der Waals surface area contributed by atoms with Crippen molar-refractivity contribution in [1.29, 1.82) is 0 Å². The molecule has 0 amide bonds. The Hall–Kier alpha value is -2.80. The number of fused-ring (bicyclic) bond motifs is 1. The zero-order valence-corrected chi connectivity index (χ0v) is 54.8. The van der Waals surface area contributed by atoms with Gasteiger partial charge in [0.05, 0.1) is 19.7 Å². The van der Waals surface area contributed by atoms with Crippen LogP contribution >= 0.6 is 14.3 Å². The van der Waals surface area contributed by atoms with E-state index in [1.807, 2.05) is 92.7 Å². The molecular formula is C68H106EuN2O6P2. The first-order chi connectivity index (χ1) is 37.9. The Bertz CT molecular complexity index is 2380. The summed E-state index contributed by atoms with van der Waals surface area (Å²) in [4.78, 5) is 30.4. The summed E-state index contributed by atoms with van der Waals surface area (Å²) in [5.41, 5.74) is 2.93. The van der Waals surface area contributed by atoms with Crippen molar-refractivity contribution >= 4 is 53.8 Å². The molecule has 0 bridgehead atoms. The van der Waals surface area contributed by atoms with Crippen molar-refractivity contribution in [2.75, 3.05) is 59.9 Å². The quantitative estimate of drug-likeness (QED) is 0.0180. The van der Waals surface area contributed by atoms with Crippen LogP contribution < -0.4 is 15.4 Å². The predicted octanol–water partition coefficient (Wildman–Crippen LogP) is 21.2. The second kappa shape index (κ2) is 42.9. The van der Waals surface area contributed by atoms with Crippen LogP contribution in [0.2, 0.25) is 0 Å². The molecule has 0 saturated heterocycles. The molecule has 0 saturated carbocycles. The van der Waals surface area contributed by atoms with Crippen molar-refractivity contribution in [3.8, 4) is 5.75 Å². The molecule has 0 atom stereocenters. The van der Waals surface area contributed by atoms with E-state index in [1.165, 1.54) is 154 Å². The molecule has 1 heterocycles. The van der Waals surface area contributed by atoms with Crippen molar-refractivity contribution in [1.82, 2.24) is 0 Å². The molecule has 8 nitrogen and oxygen atoms in total. The zero-order chi connectivity index (χ0) is 56.9. The Balaban J connectivity index is 0.000000445. The summed E-state index contributed by atoms with van der Waals surface area (Å²) in [6, 6.07) is 32.0. The van der Waals surface area contributed by atoms with Crippen LogP contribution in [0, 0.1) is 49.4 Å². The van der Waals surface area contributed by atoms with Crippen LogP contribution in [0.1, 0.15) is 225 Å². The molecular weight excluding hydrogens is 1150 g/mol. The number of hydrogen-bond donors (Lipinski definition) is 1. The molecule has 4 aromatic carbocycles. The van der Waals surface area contributed by atoms with Gasteiger partial charge in [0.15, 0.2) is 5.56 Å². The first-order valence-electron chi connectivity index (χ1n) is 31.1. The monoisotopic (exact) mass is 1260 g/mol. The van der Waals surface area contributed by atoms with Crippen molar-refractivity contribution in [3.63, 3.8) is 0 Å². The number of para-hydroxylation sites is 2. The summed E-state index contributed by atoms with van der Waals surface area (Å²) < 4.78 is 31.0. The van der Waals surface area contributed by atoms with Gasteiger partial charge in [0.25, 0.3) is 0 Å². The Kier molecular flexibility index (Phi) is 39.3. The topological polar surface area (TPSA) is 108 Å². The molecule has 11 heteroatoms. The molecule has 5 rings (SSSR count). The third-order valence-electron chi connectivity index (χ3n) is 15.5. The molecule has 0 spiro atoms. The van der Waals surface area contributed by atoms with E-state index in [4.69, 9.17) is 4.42 Å². The molecule has 1 aromatic heterocycles. The Labute approximate surface area is 521 Å². The summed E-state index contributed by atoms with van der Waals surface area (Å²) in [5.74, 6) is -0.963. The zero-order valence-electron chi connectivity index (χ0n) is 50.6. The molecule has 0 aliphatic rings. The summed E-state index contributed by atoms with van der Waals surface area (Å²) >= 11 is 0. The molecule has 441 valence electrons. The number of rotatable bonds is 38. The number of benzene rings is 4. The van der Waals surface area contributed by atoms with Gasteiger partial charge in [-0.1, -0.05) is 206 Å². The van der Waals surface area contributed by atoms with E-state index in [0.717, 1.165) is 72.8 Å². The van der Waals surface area contributed by atoms with Gasteiger partial charge in [-0.3, -0.25) is 4.79 Å². The number of unbranched alkanes of at least 4 members (excludes halogenated alkanes) is 20. The fourth-order valence-corrected chi connectivity index (χ4v) is 15.2. The number of aromatic hydroxyl groups is 1. The average Bonchev–Trinajstić information content (AvgIpc) is 3.48. The van der Waals surface area contributed by atoms with Crippen LogP contribution in [0.3, 0.4) is 0 Å². The molecule has 79 heavy (non-hydrogen) atoms. The molecule has 0 fully saturated rings. The fourth-order valence-electron chi connectivity index (χ4n) is 10.2. The minimum Gasteiger partial charge on any atom is -0.506 e. The van der Waals surface area contributed by atoms with Crippen LogP contribution in [-0.2, 0) is 9.13 Å². The van der Waals surface area contributed by atoms with E-state index in [-0.39, 0.29) is 71.8 Å². The standard InChI is InChI=1S/C32H28N2O4.2C18H39OP.Eu/c1-3-33(4-2)26-19-20-27-28(21-26)38-32(37)29(31(27)36)30(35)22-15-17-25(18-16-22)34(23-11-7-5-8-12-23)24-13-9-6-10-14-24;2*1-4-7-9-11-13-15-17-20(19,6-3)18-16-14-12-10-8-5-2;/h5-21,36H,3-4H2,1-2H3;2*4-18H2,1-3H3;. The van der Waals surface area contributed by atoms with Crippen LogP contribution in [0.25, 0.3) is 11.0 Å². The summed E-state index contributed by atoms with van der Waals surface area (Å²) in [5, 5.41) is 11.3. The number of ketones is 1. The van der Waals surface area contributed by atoms with Gasteiger partial charge in [0.2, 0.25) is 5.78 Å². The Morgan fingerprint density at radius 2 is 0.797 bits per heavy atom. The van der Waals surface area contributed by atoms with Crippen molar-refractivity contribution in [3.05, 3.63) is 125 Å². The van der Waals surface area contributed by atoms with Gasteiger partial charge in [0.1, 0.15) is 11.3 Å². The number of carbonyl (C=O) groups is 1. The first kappa shape index (κ1) is 72.3. The van der Waals surface area contributed by atoms with Gasteiger partial charge in [-0.05, 0) is 113 Å². The van der Waals surface area contributed by atoms with Crippen LogP contribution in [0.5, 0.6) is 5.75 Å². The average molecular weight is 1260 g/mol. The van der Waals surface area contributed by atoms with Crippen molar-refractivity contribution in [2.45, 2.75) is 209 Å². The second-order valence-electron chi connectivity index (χ2n) is 21.6. The fraction of sp³-hybridized carbons (Fsp3) is 0.588.